The van der Waals surface area contributed by atoms with Crippen molar-refractivity contribution >= 4 is 26.0 Å². The van der Waals surface area contributed by atoms with Gasteiger partial charge < -0.3 is 0 Å². The Morgan fingerprint density at radius 1 is 1.24 bits per heavy atom. The van der Waals surface area contributed by atoms with E-state index in [1.807, 2.05) is 12.1 Å². The van der Waals surface area contributed by atoms with Gasteiger partial charge in [0.2, 0.25) is 10.0 Å². The van der Waals surface area contributed by atoms with Crippen LogP contribution in [-0.2, 0) is 15.4 Å². The number of benzene rings is 1. The average Bonchev–Trinajstić information content (AvgIpc) is 3.13. The van der Waals surface area contributed by atoms with Gasteiger partial charge in [0, 0.05) is 11.9 Å². The van der Waals surface area contributed by atoms with Crippen molar-refractivity contribution < 1.29 is 8.42 Å². The van der Waals surface area contributed by atoms with Crippen LogP contribution in [0.1, 0.15) is 24.8 Å². The van der Waals surface area contributed by atoms with Gasteiger partial charge in [0.25, 0.3) is 0 Å². The van der Waals surface area contributed by atoms with Gasteiger partial charge in [-0.1, -0.05) is 40.9 Å². The van der Waals surface area contributed by atoms with Crippen LogP contribution in [0.3, 0.4) is 0 Å². The zero-order chi connectivity index (χ0) is 12.3. The molecule has 0 unspecified atom stereocenters. The Hall–Kier alpha value is -0.390. The Bertz CT molecular complexity index is 466. The van der Waals surface area contributed by atoms with Crippen molar-refractivity contribution in [2.45, 2.75) is 29.5 Å². The van der Waals surface area contributed by atoms with Gasteiger partial charge in [-0.25, -0.2) is 13.1 Å². The van der Waals surface area contributed by atoms with E-state index < -0.39 is 10.0 Å². The number of nitrogens with one attached hydrogen (secondary N) is 1. The minimum atomic E-state index is -3.32. The Kier molecular flexibility index (Phi) is 4.22. The van der Waals surface area contributed by atoms with Crippen LogP contribution >= 0.6 is 15.9 Å². The first-order valence-corrected chi connectivity index (χ1v) is 8.37. The van der Waals surface area contributed by atoms with E-state index in [1.165, 1.54) is 12.8 Å². The first kappa shape index (κ1) is 13.1. The largest absolute Gasteiger partial charge is 0.240 e. The average molecular weight is 318 g/mol. The van der Waals surface area contributed by atoms with Crippen LogP contribution in [0.15, 0.2) is 29.2 Å². The van der Waals surface area contributed by atoms with Gasteiger partial charge >= 0.3 is 0 Å². The van der Waals surface area contributed by atoms with E-state index in [2.05, 4.69) is 20.7 Å². The summed E-state index contributed by atoms with van der Waals surface area (Å²) in [5.74, 6) is 0.744. The Morgan fingerprint density at radius 2 is 1.88 bits per heavy atom. The summed E-state index contributed by atoms with van der Waals surface area (Å²) in [6, 6.07) is 6.94. The number of halogens is 1. The highest BCUT2D eigenvalue weighted by Crippen LogP contribution is 2.31. The molecule has 0 atom stereocenters. The van der Waals surface area contributed by atoms with Gasteiger partial charge in [-0.05, 0) is 30.0 Å². The Labute approximate surface area is 111 Å². The van der Waals surface area contributed by atoms with Crippen molar-refractivity contribution in [2.75, 3.05) is 6.54 Å². The van der Waals surface area contributed by atoms with Crippen LogP contribution in [0, 0.1) is 5.92 Å². The molecule has 0 aromatic heterocycles. The highest BCUT2D eigenvalue weighted by molar-refractivity contribution is 9.08. The molecule has 0 spiro atoms. The van der Waals surface area contributed by atoms with Gasteiger partial charge in [-0.3, -0.25) is 0 Å². The van der Waals surface area contributed by atoms with Crippen LogP contribution in [0.4, 0.5) is 0 Å². The second-order valence-corrected chi connectivity index (χ2v) is 6.74. The number of hydrogen-bond acceptors (Lipinski definition) is 2. The molecule has 0 aliphatic heterocycles. The maximum absolute atomic E-state index is 11.9. The molecule has 94 valence electrons. The first-order valence-electron chi connectivity index (χ1n) is 5.76. The zero-order valence-corrected chi connectivity index (χ0v) is 11.9. The van der Waals surface area contributed by atoms with Crippen molar-refractivity contribution in [2.24, 2.45) is 5.92 Å². The summed E-state index contributed by atoms with van der Waals surface area (Å²) in [5, 5.41) is 0.739. The zero-order valence-electron chi connectivity index (χ0n) is 9.52. The molecule has 0 heterocycles. The highest BCUT2D eigenvalue weighted by atomic mass is 79.9. The SMILES string of the molecule is O=S(=O)(NCCC1CC1)c1ccc(CBr)cc1. The van der Waals surface area contributed by atoms with E-state index in [1.54, 1.807) is 12.1 Å². The first-order chi connectivity index (χ1) is 8.12. The van der Waals surface area contributed by atoms with Crippen LogP contribution in [-0.4, -0.2) is 15.0 Å². The fourth-order valence-corrected chi connectivity index (χ4v) is 3.07. The fraction of sp³-hybridized carbons (Fsp3) is 0.500. The molecule has 2 rings (SSSR count). The third-order valence-corrected chi connectivity index (χ3v) is 5.05. The van der Waals surface area contributed by atoms with Gasteiger partial charge in [-0.2, -0.15) is 0 Å². The summed E-state index contributed by atoms with van der Waals surface area (Å²) < 4.78 is 26.5. The molecule has 0 bridgehead atoms. The molecule has 1 aliphatic rings. The van der Waals surface area contributed by atoms with Gasteiger partial charge in [-0.15, -0.1) is 0 Å². The molecule has 17 heavy (non-hydrogen) atoms. The third kappa shape index (κ3) is 3.79. The summed E-state index contributed by atoms with van der Waals surface area (Å²) in [5.41, 5.74) is 1.07. The Balaban J connectivity index is 1.96. The fourth-order valence-electron chi connectivity index (χ4n) is 1.64. The molecule has 1 aromatic rings. The molecule has 0 radical (unpaired) electrons. The van der Waals surface area contributed by atoms with Crippen LogP contribution < -0.4 is 4.72 Å². The third-order valence-electron chi connectivity index (χ3n) is 2.93. The molecule has 1 aromatic carbocycles. The van der Waals surface area contributed by atoms with E-state index in [0.717, 1.165) is 23.2 Å². The second-order valence-electron chi connectivity index (χ2n) is 4.41. The minimum Gasteiger partial charge on any atom is -0.211 e. The summed E-state index contributed by atoms with van der Waals surface area (Å²) in [6.07, 6.45) is 3.46. The lowest BCUT2D eigenvalue weighted by Gasteiger charge is -2.06. The molecule has 1 N–H and O–H groups in total. The molecule has 1 saturated carbocycles. The molecule has 3 nitrogen and oxygen atoms in total. The van der Waals surface area contributed by atoms with E-state index >= 15 is 0 Å². The summed E-state index contributed by atoms with van der Waals surface area (Å²) in [7, 11) is -3.32. The standard InChI is InChI=1S/C12H16BrNO2S/c13-9-11-3-5-12(6-4-11)17(15,16)14-8-7-10-1-2-10/h3-6,10,14H,1-2,7-9H2. The summed E-state index contributed by atoms with van der Waals surface area (Å²) >= 11 is 3.33. The van der Waals surface area contributed by atoms with Gasteiger partial charge in [0.15, 0.2) is 0 Å². The molecule has 5 heteroatoms. The summed E-state index contributed by atoms with van der Waals surface area (Å²) in [6.45, 7) is 0.549. The lowest BCUT2D eigenvalue weighted by atomic mass is 10.2. The van der Waals surface area contributed by atoms with Crippen molar-refractivity contribution in [3.05, 3.63) is 29.8 Å². The van der Waals surface area contributed by atoms with Crippen molar-refractivity contribution in [3.63, 3.8) is 0 Å². The highest BCUT2D eigenvalue weighted by Gasteiger charge is 2.21. The lowest BCUT2D eigenvalue weighted by Crippen LogP contribution is -2.25. The number of hydrogen-bond donors (Lipinski definition) is 1. The predicted molar refractivity (Wildman–Crippen MR) is 71.6 cm³/mol. The molecule has 0 amide bonds. The topological polar surface area (TPSA) is 46.2 Å². The number of sulfonamides is 1. The van der Waals surface area contributed by atoms with Crippen LogP contribution in [0.5, 0.6) is 0 Å². The number of alkyl halides is 1. The second kappa shape index (κ2) is 5.50. The predicted octanol–water partition coefficient (Wildman–Crippen LogP) is 2.66. The maximum Gasteiger partial charge on any atom is 0.240 e. The quantitative estimate of drug-likeness (QED) is 0.820. The monoisotopic (exact) mass is 317 g/mol. The van der Waals surface area contributed by atoms with E-state index in [0.29, 0.717) is 11.4 Å². The number of rotatable bonds is 6. The van der Waals surface area contributed by atoms with Crippen molar-refractivity contribution in [3.8, 4) is 0 Å². The molecule has 1 fully saturated rings. The van der Waals surface area contributed by atoms with Crippen molar-refractivity contribution in [1.29, 1.82) is 0 Å². The Morgan fingerprint density at radius 3 is 2.41 bits per heavy atom. The van der Waals surface area contributed by atoms with Crippen LogP contribution in [0.2, 0.25) is 0 Å². The van der Waals surface area contributed by atoms with E-state index in [-0.39, 0.29) is 0 Å². The van der Waals surface area contributed by atoms with E-state index in [9.17, 15) is 8.42 Å². The molecule has 1 aliphatic carbocycles. The molecular weight excluding hydrogens is 302 g/mol. The molecular formula is C12H16BrNO2S. The van der Waals surface area contributed by atoms with Crippen molar-refractivity contribution in [1.82, 2.24) is 4.72 Å². The minimum absolute atomic E-state index is 0.345. The maximum atomic E-state index is 11.9. The molecule has 0 saturated heterocycles. The summed E-state index contributed by atoms with van der Waals surface area (Å²) in [4.78, 5) is 0.345. The van der Waals surface area contributed by atoms with Gasteiger partial charge in [0.1, 0.15) is 0 Å². The van der Waals surface area contributed by atoms with Gasteiger partial charge in [0.05, 0.1) is 4.90 Å². The van der Waals surface area contributed by atoms with E-state index in [4.69, 9.17) is 0 Å². The lowest BCUT2D eigenvalue weighted by molar-refractivity contribution is 0.575. The van der Waals surface area contributed by atoms with Crippen LogP contribution in [0.25, 0.3) is 0 Å². The normalized spacial score (nSPS) is 16.1. The smallest absolute Gasteiger partial charge is 0.211 e.